The zero-order chi connectivity index (χ0) is 34.9. The number of nitrogens with zero attached hydrogens (tertiary/aromatic N) is 4. The second-order valence-electron chi connectivity index (χ2n) is 12.8. The highest BCUT2D eigenvalue weighted by Crippen LogP contribution is 2.62. The van der Waals surface area contributed by atoms with E-state index in [4.69, 9.17) is 4.74 Å². The number of aromatic hydroxyl groups is 1. The van der Waals surface area contributed by atoms with Gasteiger partial charge in [-0.1, -0.05) is 72.3 Å². The van der Waals surface area contributed by atoms with Crippen LogP contribution in [-0.4, -0.2) is 43.0 Å². The van der Waals surface area contributed by atoms with Gasteiger partial charge in [0.2, 0.25) is 0 Å². The molecule has 0 spiro atoms. The second-order valence-corrected chi connectivity index (χ2v) is 14.0. The van der Waals surface area contributed by atoms with Gasteiger partial charge in [0.25, 0.3) is 11.8 Å². The topological polar surface area (TPSA) is 128 Å². The second kappa shape index (κ2) is 11.9. The number of halogens is 1. The maximum Gasteiger partial charge on any atom is 0.352 e. The standard InChI is InChI=1S/C38H32IN5O6/c1-22-13-15-25(16-14-22)40-43-34(46)28-21-30-27(17-18-41-36(48)42(37(49)44(30)41)26-11-7-4-8-12-26)32(23-19-29(39)33(45)31(20-23)50-2)38(28,35(43)47)24-9-5-3-6-10-24/h3-17,19-20,28,30,32,40,45H,18,21H2,1-2H3/t28-,30+,32-,38+/m0/s1. The summed E-state index contributed by atoms with van der Waals surface area (Å²) in [6, 6.07) is 28.1. The summed E-state index contributed by atoms with van der Waals surface area (Å²) in [5, 5.41) is 12.0. The normalized spacial score (nSPS) is 22.4. The predicted octanol–water partition coefficient (Wildman–Crippen LogP) is 5.05. The summed E-state index contributed by atoms with van der Waals surface area (Å²) < 4.78 is 10.1. The molecule has 8 rings (SSSR count). The molecule has 4 aromatic carbocycles. The molecule has 11 nitrogen and oxygen atoms in total. The zero-order valence-electron chi connectivity index (χ0n) is 27.1. The van der Waals surface area contributed by atoms with Gasteiger partial charge in [0.05, 0.1) is 46.0 Å². The number of benzene rings is 4. The molecule has 2 aliphatic heterocycles. The summed E-state index contributed by atoms with van der Waals surface area (Å²) in [7, 11) is 1.45. The Bertz CT molecular complexity index is 2330. The lowest BCUT2D eigenvalue weighted by Crippen LogP contribution is -2.53. The van der Waals surface area contributed by atoms with Crippen LogP contribution >= 0.6 is 22.6 Å². The SMILES string of the molecule is COc1cc([C@H]2C3=CCn4c(=O)n(-c5ccccc5)c(=O)n4[C@@H]3C[C@H]3C(=O)N(Nc4ccc(C)cc4)C(=O)[C@@]23c2ccccc2)cc(I)c1O. The number of hydrazine groups is 1. The molecule has 1 aromatic heterocycles. The summed E-state index contributed by atoms with van der Waals surface area (Å²) in [4.78, 5) is 58.2. The zero-order valence-corrected chi connectivity index (χ0v) is 29.3. The molecule has 252 valence electrons. The number of nitrogens with one attached hydrogen (secondary N) is 1. The molecule has 0 radical (unpaired) electrons. The molecule has 1 saturated heterocycles. The number of hydrogen-bond donors (Lipinski definition) is 2. The van der Waals surface area contributed by atoms with Crippen molar-refractivity contribution >= 4 is 40.1 Å². The number of methoxy groups -OCH3 is 1. The number of amides is 2. The Morgan fingerprint density at radius 1 is 0.900 bits per heavy atom. The van der Waals surface area contributed by atoms with Crippen LogP contribution in [0.5, 0.6) is 11.5 Å². The molecular formula is C38H32IN5O6. The largest absolute Gasteiger partial charge is 0.504 e. The van der Waals surface area contributed by atoms with Gasteiger partial charge in [-0.15, -0.1) is 0 Å². The fourth-order valence-corrected chi connectivity index (χ4v) is 8.72. The number of phenols is 1. The molecule has 1 aliphatic carbocycles. The van der Waals surface area contributed by atoms with Gasteiger partial charge in [0, 0.05) is 5.92 Å². The van der Waals surface area contributed by atoms with Crippen LogP contribution in [0.3, 0.4) is 0 Å². The highest BCUT2D eigenvalue weighted by atomic mass is 127. The van der Waals surface area contributed by atoms with E-state index in [2.05, 4.69) is 5.43 Å². The molecule has 2 N–H and O–H groups in total. The van der Waals surface area contributed by atoms with Crippen LogP contribution in [0.4, 0.5) is 5.69 Å². The van der Waals surface area contributed by atoms with Crippen molar-refractivity contribution in [3.63, 3.8) is 0 Å². The van der Waals surface area contributed by atoms with Gasteiger partial charge < -0.3 is 9.84 Å². The molecule has 50 heavy (non-hydrogen) atoms. The van der Waals surface area contributed by atoms with Gasteiger partial charge in [-0.3, -0.25) is 15.0 Å². The Hall–Kier alpha value is -5.37. The van der Waals surface area contributed by atoms with Crippen molar-refractivity contribution in [2.45, 2.75) is 37.3 Å². The van der Waals surface area contributed by atoms with Crippen LogP contribution in [0, 0.1) is 16.4 Å². The summed E-state index contributed by atoms with van der Waals surface area (Å²) >= 11 is 2.02. The van der Waals surface area contributed by atoms with E-state index >= 15 is 4.79 Å². The highest BCUT2D eigenvalue weighted by molar-refractivity contribution is 14.1. The minimum atomic E-state index is -1.46. The number of allylic oxidation sites excluding steroid dienone is 2. The molecule has 5 aromatic rings. The Labute approximate surface area is 300 Å². The molecule has 3 aliphatic rings. The number of aromatic nitrogens is 3. The van der Waals surface area contributed by atoms with Crippen molar-refractivity contribution in [3.8, 4) is 17.2 Å². The maximum absolute atomic E-state index is 15.3. The third-order valence-electron chi connectivity index (χ3n) is 10.3. The van der Waals surface area contributed by atoms with Gasteiger partial charge in [0.1, 0.15) is 0 Å². The number of ether oxygens (including phenoxy) is 1. The van der Waals surface area contributed by atoms with Crippen molar-refractivity contribution in [2.75, 3.05) is 12.5 Å². The number of para-hydroxylation sites is 1. The number of aryl methyl sites for hydroxylation is 1. The predicted molar refractivity (Wildman–Crippen MR) is 194 cm³/mol. The fourth-order valence-electron chi connectivity index (χ4n) is 8.10. The monoisotopic (exact) mass is 781 g/mol. The van der Waals surface area contributed by atoms with Gasteiger partial charge in [-0.25, -0.2) is 23.5 Å². The van der Waals surface area contributed by atoms with Gasteiger partial charge in [-0.2, -0.15) is 5.01 Å². The van der Waals surface area contributed by atoms with Gasteiger partial charge in [0.15, 0.2) is 11.5 Å². The van der Waals surface area contributed by atoms with Crippen LogP contribution in [0.1, 0.15) is 35.1 Å². The summed E-state index contributed by atoms with van der Waals surface area (Å²) in [5.41, 5.74) is 4.62. The molecule has 4 atom stereocenters. The molecule has 0 unspecified atom stereocenters. The van der Waals surface area contributed by atoms with E-state index in [1.165, 1.54) is 16.5 Å². The van der Waals surface area contributed by atoms with Crippen molar-refractivity contribution in [1.82, 2.24) is 18.9 Å². The molecule has 2 amide bonds. The number of hydrogen-bond acceptors (Lipinski definition) is 7. The van der Waals surface area contributed by atoms with E-state index in [-0.39, 0.29) is 24.5 Å². The Morgan fingerprint density at radius 2 is 1.58 bits per heavy atom. The summed E-state index contributed by atoms with van der Waals surface area (Å²) in [6.45, 7) is 2.03. The van der Waals surface area contributed by atoms with Gasteiger partial charge in [-0.05, 0) is 89.0 Å². The van der Waals surface area contributed by atoms with Crippen molar-refractivity contribution in [3.05, 3.63) is 150 Å². The molecular weight excluding hydrogens is 749 g/mol. The first-order chi connectivity index (χ1) is 24.2. The Morgan fingerprint density at radius 3 is 2.26 bits per heavy atom. The maximum atomic E-state index is 15.3. The lowest BCUT2D eigenvalue weighted by Gasteiger charge is -2.49. The van der Waals surface area contributed by atoms with Crippen molar-refractivity contribution in [2.24, 2.45) is 5.92 Å². The van der Waals surface area contributed by atoms with Gasteiger partial charge >= 0.3 is 11.4 Å². The number of rotatable bonds is 6. The highest BCUT2D eigenvalue weighted by Gasteiger charge is 2.68. The van der Waals surface area contributed by atoms with E-state index in [0.717, 1.165) is 20.7 Å². The number of carbonyl (C=O) groups is 2. The van der Waals surface area contributed by atoms with Crippen molar-refractivity contribution < 1.29 is 19.4 Å². The van der Waals surface area contributed by atoms with E-state index in [1.54, 1.807) is 36.4 Å². The Balaban J connectivity index is 1.40. The average molecular weight is 782 g/mol. The molecule has 3 heterocycles. The van der Waals surface area contributed by atoms with Crippen LogP contribution in [0.25, 0.3) is 5.69 Å². The van der Waals surface area contributed by atoms with E-state index in [9.17, 15) is 19.5 Å². The number of phenolic OH excluding ortho intramolecular Hbond substituents is 1. The van der Waals surface area contributed by atoms with Crippen LogP contribution in [0.15, 0.2) is 118 Å². The number of fused-ring (bicyclic) bond motifs is 4. The van der Waals surface area contributed by atoms with Crippen molar-refractivity contribution in [1.29, 1.82) is 0 Å². The summed E-state index contributed by atoms with van der Waals surface area (Å²) in [6.07, 6.45) is 1.99. The lowest BCUT2D eigenvalue weighted by molar-refractivity contribution is -0.138. The van der Waals surface area contributed by atoms with Crippen LogP contribution < -0.4 is 21.5 Å². The number of imide groups is 1. The summed E-state index contributed by atoms with van der Waals surface area (Å²) in [5.74, 6) is -2.47. The smallest absolute Gasteiger partial charge is 0.352 e. The first-order valence-electron chi connectivity index (χ1n) is 16.2. The molecule has 2 fully saturated rings. The minimum absolute atomic E-state index is 0.0476. The lowest BCUT2D eigenvalue weighted by atomic mass is 9.53. The third-order valence-corrected chi connectivity index (χ3v) is 11.1. The van der Waals surface area contributed by atoms with Crippen LogP contribution in [-0.2, 0) is 21.5 Å². The molecule has 1 saturated carbocycles. The minimum Gasteiger partial charge on any atom is -0.504 e. The quantitative estimate of drug-likeness (QED) is 0.140. The first-order valence-corrected chi connectivity index (χ1v) is 17.3. The average Bonchev–Trinajstić information content (AvgIpc) is 3.51. The molecule has 12 heteroatoms. The fraction of sp³-hybridized carbons (Fsp3) is 0.211. The van der Waals surface area contributed by atoms with E-state index in [1.807, 2.05) is 96.3 Å². The number of anilines is 1. The third kappa shape index (κ3) is 4.54. The van der Waals surface area contributed by atoms with Crippen LogP contribution in [0.2, 0.25) is 0 Å². The Kier molecular flexibility index (Phi) is 7.58. The molecule has 0 bridgehead atoms. The first kappa shape index (κ1) is 31.9. The van der Waals surface area contributed by atoms with E-state index in [0.29, 0.717) is 26.1 Å². The van der Waals surface area contributed by atoms with E-state index < -0.39 is 46.5 Å². The number of carbonyl (C=O) groups excluding carboxylic acids is 2.